The molecule has 3 heteroatoms. The topological polar surface area (TPSA) is 49.3 Å². The van der Waals surface area contributed by atoms with E-state index in [1.165, 1.54) is 19.3 Å². The largest absolute Gasteiger partial charge is 0.396 e. The van der Waals surface area contributed by atoms with Crippen LogP contribution in [-0.4, -0.2) is 24.2 Å². The van der Waals surface area contributed by atoms with Gasteiger partial charge in [-0.25, -0.2) is 0 Å². The van der Waals surface area contributed by atoms with Gasteiger partial charge in [0, 0.05) is 19.6 Å². The zero-order valence-electron chi connectivity index (χ0n) is 9.88. The number of rotatable bonds is 6. The van der Waals surface area contributed by atoms with Crippen LogP contribution >= 0.6 is 0 Å². The fourth-order valence-electron chi connectivity index (χ4n) is 1.76. The first kappa shape index (κ1) is 12.5. The zero-order chi connectivity index (χ0) is 11.3. The summed E-state index contributed by atoms with van der Waals surface area (Å²) in [7, 11) is 0. The molecule has 0 radical (unpaired) electrons. The number of carbonyl (C=O) groups excluding carboxylic acids is 1. The molecule has 15 heavy (non-hydrogen) atoms. The molecule has 0 saturated heterocycles. The second kappa shape index (κ2) is 5.50. The van der Waals surface area contributed by atoms with Gasteiger partial charge in [-0.1, -0.05) is 20.3 Å². The summed E-state index contributed by atoms with van der Waals surface area (Å²) in [5, 5.41) is 11.8. The summed E-state index contributed by atoms with van der Waals surface area (Å²) in [5.41, 5.74) is 0.00399. The van der Waals surface area contributed by atoms with E-state index < -0.39 is 0 Å². The van der Waals surface area contributed by atoms with E-state index in [1.807, 2.05) is 0 Å². The van der Waals surface area contributed by atoms with E-state index in [1.54, 1.807) is 0 Å². The minimum Gasteiger partial charge on any atom is -0.396 e. The lowest BCUT2D eigenvalue weighted by molar-refractivity contribution is -0.123. The average molecular weight is 213 g/mol. The van der Waals surface area contributed by atoms with E-state index in [0.29, 0.717) is 18.9 Å². The van der Waals surface area contributed by atoms with E-state index >= 15 is 0 Å². The third-order valence-electron chi connectivity index (χ3n) is 3.25. The third kappa shape index (κ3) is 4.65. The lowest BCUT2D eigenvalue weighted by atomic mass is 9.82. The van der Waals surface area contributed by atoms with Crippen molar-refractivity contribution in [2.45, 2.75) is 46.0 Å². The summed E-state index contributed by atoms with van der Waals surface area (Å²) < 4.78 is 0. The highest BCUT2D eigenvalue weighted by atomic mass is 16.3. The molecule has 0 unspecified atom stereocenters. The summed E-state index contributed by atoms with van der Waals surface area (Å²) in [6, 6.07) is 0. The molecule has 0 spiro atoms. The Balaban J connectivity index is 2.14. The van der Waals surface area contributed by atoms with E-state index in [-0.39, 0.29) is 17.9 Å². The molecule has 0 bridgehead atoms. The molecule has 0 aromatic heterocycles. The Morgan fingerprint density at radius 3 is 2.60 bits per heavy atom. The number of amides is 1. The van der Waals surface area contributed by atoms with Gasteiger partial charge in [0.05, 0.1) is 0 Å². The lowest BCUT2D eigenvalue weighted by Gasteiger charge is -2.27. The van der Waals surface area contributed by atoms with Crippen molar-refractivity contribution in [3.05, 3.63) is 0 Å². The lowest BCUT2D eigenvalue weighted by Crippen LogP contribution is -2.36. The molecule has 88 valence electrons. The van der Waals surface area contributed by atoms with Crippen LogP contribution < -0.4 is 5.32 Å². The Morgan fingerprint density at radius 1 is 1.47 bits per heavy atom. The molecule has 1 saturated carbocycles. The fraction of sp³-hybridized carbons (Fsp3) is 0.917. The highest BCUT2D eigenvalue weighted by Gasteiger charge is 2.22. The first-order chi connectivity index (χ1) is 7.03. The number of aliphatic hydroxyl groups is 1. The van der Waals surface area contributed by atoms with Gasteiger partial charge in [-0.3, -0.25) is 4.79 Å². The quantitative estimate of drug-likeness (QED) is 0.705. The number of hydrogen-bond donors (Lipinski definition) is 2. The van der Waals surface area contributed by atoms with Gasteiger partial charge in [-0.15, -0.1) is 0 Å². The molecule has 2 N–H and O–H groups in total. The van der Waals surface area contributed by atoms with Gasteiger partial charge in [-0.2, -0.15) is 0 Å². The van der Waals surface area contributed by atoms with Crippen molar-refractivity contribution in [2.24, 2.45) is 11.3 Å². The number of nitrogens with one attached hydrogen (secondary N) is 1. The molecule has 1 aliphatic carbocycles. The van der Waals surface area contributed by atoms with Gasteiger partial charge in [0.2, 0.25) is 5.91 Å². The number of aliphatic hydroxyl groups excluding tert-OH is 1. The second-order valence-electron chi connectivity index (χ2n) is 5.42. The van der Waals surface area contributed by atoms with Crippen LogP contribution in [0.5, 0.6) is 0 Å². The highest BCUT2D eigenvalue weighted by molar-refractivity contribution is 5.76. The Morgan fingerprint density at radius 2 is 2.13 bits per heavy atom. The molecule has 1 fully saturated rings. The minimum absolute atomic E-state index is 0.00399. The van der Waals surface area contributed by atoms with Crippen LogP contribution in [0.4, 0.5) is 0 Å². The molecule has 1 amide bonds. The average Bonchev–Trinajstić information content (AvgIpc) is 2.08. The van der Waals surface area contributed by atoms with E-state index in [0.717, 1.165) is 6.42 Å². The smallest absolute Gasteiger partial charge is 0.220 e. The standard InChI is InChI=1S/C12H23NO2/c1-12(2,6-7-14)9-13-11(15)8-10-4-3-5-10/h10,14H,3-9H2,1-2H3,(H,13,15). The van der Waals surface area contributed by atoms with Gasteiger partial charge < -0.3 is 10.4 Å². The highest BCUT2D eigenvalue weighted by Crippen LogP contribution is 2.29. The maximum absolute atomic E-state index is 11.5. The number of hydrogen-bond acceptors (Lipinski definition) is 2. The molecular weight excluding hydrogens is 190 g/mol. The van der Waals surface area contributed by atoms with Crippen molar-refractivity contribution in [1.82, 2.24) is 5.32 Å². The fourth-order valence-corrected chi connectivity index (χ4v) is 1.76. The van der Waals surface area contributed by atoms with Crippen molar-refractivity contribution < 1.29 is 9.90 Å². The van der Waals surface area contributed by atoms with Crippen LogP contribution in [0.3, 0.4) is 0 Å². The van der Waals surface area contributed by atoms with E-state index in [2.05, 4.69) is 19.2 Å². The summed E-state index contributed by atoms with van der Waals surface area (Å²) in [6.45, 7) is 4.98. The Hall–Kier alpha value is -0.570. The maximum atomic E-state index is 11.5. The summed E-state index contributed by atoms with van der Waals surface area (Å²) in [5.74, 6) is 0.802. The van der Waals surface area contributed by atoms with Crippen LogP contribution in [0.1, 0.15) is 46.0 Å². The minimum atomic E-state index is 0.00399. The molecule has 0 aliphatic heterocycles. The Labute approximate surface area is 92.3 Å². The second-order valence-corrected chi connectivity index (χ2v) is 5.42. The van der Waals surface area contributed by atoms with Gasteiger partial charge in [0.25, 0.3) is 0 Å². The van der Waals surface area contributed by atoms with Crippen LogP contribution in [-0.2, 0) is 4.79 Å². The van der Waals surface area contributed by atoms with Crippen LogP contribution in [0.2, 0.25) is 0 Å². The molecule has 3 nitrogen and oxygen atoms in total. The van der Waals surface area contributed by atoms with Gasteiger partial charge in [0.15, 0.2) is 0 Å². The van der Waals surface area contributed by atoms with Gasteiger partial charge in [-0.05, 0) is 30.6 Å². The molecule has 1 rings (SSSR count). The van der Waals surface area contributed by atoms with Crippen LogP contribution in [0, 0.1) is 11.3 Å². The summed E-state index contributed by atoms with van der Waals surface area (Å²) >= 11 is 0. The predicted octanol–water partition coefficient (Wildman–Crippen LogP) is 1.70. The van der Waals surface area contributed by atoms with E-state index in [9.17, 15) is 4.79 Å². The Kier molecular flexibility index (Phi) is 4.58. The maximum Gasteiger partial charge on any atom is 0.220 e. The van der Waals surface area contributed by atoms with Crippen molar-refractivity contribution in [2.75, 3.05) is 13.2 Å². The zero-order valence-corrected chi connectivity index (χ0v) is 9.88. The summed E-state index contributed by atoms with van der Waals surface area (Å²) in [4.78, 5) is 11.5. The normalized spacial score (nSPS) is 17.3. The van der Waals surface area contributed by atoms with Crippen molar-refractivity contribution in [1.29, 1.82) is 0 Å². The monoisotopic (exact) mass is 213 g/mol. The van der Waals surface area contributed by atoms with Crippen molar-refractivity contribution in [3.8, 4) is 0 Å². The molecule has 0 atom stereocenters. The van der Waals surface area contributed by atoms with Crippen molar-refractivity contribution in [3.63, 3.8) is 0 Å². The van der Waals surface area contributed by atoms with Crippen molar-refractivity contribution >= 4 is 5.91 Å². The molecular formula is C12H23NO2. The first-order valence-electron chi connectivity index (χ1n) is 5.91. The SMILES string of the molecule is CC(C)(CCO)CNC(=O)CC1CCC1. The van der Waals surface area contributed by atoms with E-state index in [4.69, 9.17) is 5.11 Å². The van der Waals surface area contributed by atoms with Gasteiger partial charge >= 0.3 is 0 Å². The van der Waals surface area contributed by atoms with Gasteiger partial charge in [0.1, 0.15) is 0 Å². The van der Waals surface area contributed by atoms with Crippen LogP contribution in [0.15, 0.2) is 0 Å². The molecule has 0 heterocycles. The Bertz CT molecular complexity index is 210. The summed E-state index contributed by atoms with van der Waals surface area (Å²) in [6.07, 6.45) is 5.14. The molecule has 0 aromatic carbocycles. The number of carbonyl (C=O) groups is 1. The third-order valence-corrected chi connectivity index (χ3v) is 3.25. The predicted molar refractivity (Wildman–Crippen MR) is 60.5 cm³/mol. The first-order valence-corrected chi connectivity index (χ1v) is 5.91. The van der Waals surface area contributed by atoms with Crippen LogP contribution in [0.25, 0.3) is 0 Å². The molecule has 0 aromatic rings. The molecule has 1 aliphatic rings.